The zero-order valence-electron chi connectivity index (χ0n) is 22.3. The van der Waals surface area contributed by atoms with E-state index in [1.807, 2.05) is 0 Å². The van der Waals surface area contributed by atoms with Crippen molar-refractivity contribution in [2.24, 2.45) is 0 Å². The van der Waals surface area contributed by atoms with Crippen LogP contribution in [0, 0.1) is 0 Å². The molecule has 0 amide bonds. The normalized spacial score (nSPS) is 24.0. The molecule has 2 aliphatic heterocycles. The van der Waals surface area contributed by atoms with Gasteiger partial charge in [-0.05, 0) is 95.9 Å². The molecule has 0 bridgehead atoms. The van der Waals surface area contributed by atoms with Crippen LogP contribution >= 0.6 is 16.4 Å². The Morgan fingerprint density at radius 1 is 0.433 bits per heavy atom. The summed E-state index contributed by atoms with van der Waals surface area (Å²) >= 11 is 0. The summed E-state index contributed by atoms with van der Waals surface area (Å²) in [5.74, 6) is 0. The smallest absolute Gasteiger partial charge is 0.0409 e. The van der Waals surface area contributed by atoms with Crippen LogP contribution in [0.5, 0.6) is 0 Å². The standard InChI is InChI=1S/C24H52N4P2/c1-21(2,3)25-15-13-16-26(22(4,5)6)29(25)19-20-30-27(23(7,8)9)17-14-18-28(30)24(10,11)12/h13-20H2,1-12H3. The lowest BCUT2D eigenvalue weighted by Gasteiger charge is -2.56. The fraction of sp³-hybridized carbons (Fsp3) is 1.00. The van der Waals surface area contributed by atoms with Crippen molar-refractivity contribution in [1.82, 2.24) is 18.7 Å². The van der Waals surface area contributed by atoms with Crippen LogP contribution in [0.4, 0.5) is 0 Å². The predicted octanol–water partition coefficient (Wildman–Crippen LogP) is 6.82. The molecule has 0 aromatic rings. The van der Waals surface area contributed by atoms with Crippen LogP contribution in [0.2, 0.25) is 0 Å². The topological polar surface area (TPSA) is 13.0 Å². The molecule has 2 heterocycles. The van der Waals surface area contributed by atoms with Gasteiger partial charge in [0.05, 0.1) is 0 Å². The quantitative estimate of drug-likeness (QED) is 0.430. The molecular formula is C24H52N4P2. The summed E-state index contributed by atoms with van der Waals surface area (Å²) in [6, 6.07) is 0. The van der Waals surface area contributed by atoms with Crippen LogP contribution in [0.1, 0.15) is 95.9 Å². The fourth-order valence-corrected chi connectivity index (χ4v) is 12.0. The number of hydrogen-bond donors (Lipinski definition) is 0. The van der Waals surface area contributed by atoms with E-state index in [0.29, 0.717) is 0 Å². The Hall–Kier alpha value is 0.700. The summed E-state index contributed by atoms with van der Waals surface area (Å²) in [7, 11) is -0.560. The van der Waals surface area contributed by atoms with Crippen molar-refractivity contribution in [3.05, 3.63) is 0 Å². The van der Waals surface area contributed by atoms with Gasteiger partial charge < -0.3 is 0 Å². The van der Waals surface area contributed by atoms with Gasteiger partial charge in [0, 0.05) is 77.1 Å². The van der Waals surface area contributed by atoms with E-state index in [2.05, 4.69) is 102 Å². The first-order valence-electron chi connectivity index (χ1n) is 12.1. The maximum absolute atomic E-state index is 2.86. The second-order valence-corrected chi connectivity index (χ2v) is 17.4. The zero-order valence-corrected chi connectivity index (χ0v) is 24.1. The molecule has 0 atom stereocenters. The van der Waals surface area contributed by atoms with Crippen molar-refractivity contribution in [1.29, 1.82) is 0 Å². The minimum Gasteiger partial charge on any atom is -0.265 e. The lowest BCUT2D eigenvalue weighted by Crippen LogP contribution is -2.53. The van der Waals surface area contributed by atoms with Gasteiger partial charge in [-0.15, -0.1) is 0 Å². The fourth-order valence-electron chi connectivity index (χ4n) is 4.85. The van der Waals surface area contributed by atoms with E-state index < -0.39 is 0 Å². The molecule has 0 aliphatic carbocycles. The Kier molecular flexibility index (Phi) is 8.55. The van der Waals surface area contributed by atoms with Gasteiger partial charge in [-0.25, -0.2) is 0 Å². The number of hydrogen-bond acceptors (Lipinski definition) is 4. The Morgan fingerprint density at radius 2 is 0.633 bits per heavy atom. The molecule has 30 heavy (non-hydrogen) atoms. The molecule has 2 fully saturated rings. The van der Waals surface area contributed by atoms with Gasteiger partial charge >= 0.3 is 0 Å². The third kappa shape index (κ3) is 6.61. The van der Waals surface area contributed by atoms with E-state index >= 15 is 0 Å². The van der Waals surface area contributed by atoms with E-state index in [1.165, 1.54) is 51.3 Å². The van der Waals surface area contributed by atoms with Crippen LogP contribution < -0.4 is 0 Å². The minimum atomic E-state index is -0.280. The molecule has 0 N–H and O–H groups in total. The molecule has 0 aromatic heterocycles. The molecule has 0 radical (unpaired) electrons. The highest BCUT2D eigenvalue weighted by Gasteiger charge is 2.44. The molecule has 2 rings (SSSR count). The van der Waals surface area contributed by atoms with Crippen LogP contribution in [-0.4, -0.2) is 79.3 Å². The minimum absolute atomic E-state index is 0.239. The summed E-state index contributed by atoms with van der Waals surface area (Å²) in [6.45, 7) is 34.1. The van der Waals surface area contributed by atoms with E-state index in [-0.39, 0.29) is 38.6 Å². The van der Waals surface area contributed by atoms with Crippen molar-refractivity contribution >= 4 is 16.4 Å². The van der Waals surface area contributed by atoms with Gasteiger partial charge in [0.2, 0.25) is 0 Å². The van der Waals surface area contributed by atoms with Gasteiger partial charge in [0.1, 0.15) is 0 Å². The maximum atomic E-state index is 2.86. The van der Waals surface area contributed by atoms with E-state index in [4.69, 9.17) is 0 Å². The summed E-state index contributed by atoms with van der Waals surface area (Å²) in [6.07, 6.45) is 5.25. The highest BCUT2D eigenvalue weighted by Crippen LogP contribution is 2.59. The van der Waals surface area contributed by atoms with Gasteiger partial charge in [-0.1, -0.05) is 0 Å². The van der Waals surface area contributed by atoms with Crippen LogP contribution in [0.3, 0.4) is 0 Å². The van der Waals surface area contributed by atoms with E-state index in [0.717, 1.165) is 0 Å². The first kappa shape index (κ1) is 26.9. The Bertz CT molecular complexity index is 460. The molecule has 0 spiro atoms. The largest absolute Gasteiger partial charge is 0.265 e. The molecule has 6 heteroatoms. The Morgan fingerprint density at radius 3 is 0.800 bits per heavy atom. The van der Waals surface area contributed by atoms with Crippen molar-refractivity contribution < 1.29 is 0 Å². The third-order valence-corrected chi connectivity index (χ3v) is 13.2. The molecule has 178 valence electrons. The van der Waals surface area contributed by atoms with Crippen molar-refractivity contribution in [2.75, 3.05) is 38.5 Å². The van der Waals surface area contributed by atoms with Crippen LogP contribution in [0.25, 0.3) is 0 Å². The van der Waals surface area contributed by atoms with Crippen molar-refractivity contribution in [3.8, 4) is 0 Å². The lowest BCUT2D eigenvalue weighted by molar-refractivity contribution is 0.163. The van der Waals surface area contributed by atoms with Crippen molar-refractivity contribution in [3.63, 3.8) is 0 Å². The summed E-state index contributed by atoms with van der Waals surface area (Å²) in [5, 5.41) is 0. The second-order valence-electron chi connectivity index (χ2n) is 13.1. The number of rotatable bonds is 3. The molecule has 0 saturated carbocycles. The van der Waals surface area contributed by atoms with Crippen molar-refractivity contribution in [2.45, 2.75) is 118 Å². The number of nitrogens with zero attached hydrogens (tertiary/aromatic N) is 4. The van der Waals surface area contributed by atoms with Gasteiger partial charge in [0.15, 0.2) is 0 Å². The van der Waals surface area contributed by atoms with Crippen LogP contribution in [-0.2, 0) is 0 Å². The van der Waals surface area contributed by atoms with Gasteiger partial charge in [0.25, 0.3) is 0 Å². The van der Waals surface area contributed by atoms with Gasteiger partial charge in [-0.3, -0.25) is 18.7 Å². The van der Waals surface area contributed by atoms with Crippen LogP contribution in [0.15, 0.2) is 0 Å². The monoisotopic (exact) mass is 458 g/mol. The second kappa shape index (κ2) is 9.52. The van der Waals surface area contributed by atoms with Gasteiger partial charge in [-0.2, -0.15) is 0 Å². The Balaban J connectivity index is 2.32. The third-order valence-electron chi connectivity index (χ3n) is 6.19. The molecule has 0 unspecified atom stereocenters. The highest BCUT2D eigenvalue weighted by molar-refractivity contribution is 7.57. The zero-order chi connectivity index (χ0) is 23.1. The molecule has 2 aliphatic rings. The average molecular weight is 459 g/mol. The van der Waals surface area contributed by atoms with E-state index in [9.17, 15) is 0 Å². The maximum Gasteiger partial charge on any atom is 0.0409 e. The summed E-state index contributed by atoms with van der Waals surface area (Å²) in [4.78, 5) is 0. The SMILES string of the molecule is CC(C)(C)N1CCCN(C(C)(C)C)P1CCP1N(C(C)(C)C)CCCN1C(C)(C)C. The molecule has 4 nitrogen and oxygen atoms in total. The van der Waals surface area contributed by atoms with E-state index in [1.54, 1.807) is 0 Å². The lowest BCUT2D eigenvalue weighted by atomic mass is 10.1. The Labute approximate surface area is 191 Å². The summed E-state index contributed by atoms with van der Waals surface area (Å²) in [5.41, 5.74) is 0.956. The first-order chi connectivity index (χ1) is 13.4. The predicted molar refractivity (Wildman–Crippen MR) is 139 cm³/mol. The molecular weight excluding hydrogens is 406 g/mol. The molecule has 2 saturated heterocycles. The summed E-state index contributed by atoms with van der Waals surface area (Å²) < 4.78 is 11.4. The first-order valence-corrected chi connectivity index (χ1v) is 15.0. The molecule has 0 aromatic carbocycles. The highest BCUT2D eigenvalue weighted by atomic mass is 31.1. The average Bonchev–Trinajstić information content (AvgIpc) is 2.56.